The largest absolute Gasteiger partial charge is 0.365 e. The van der Waals surface area contributed by atoms with Crippen molar-refractivity contribution in [1.82, 2.24) is 26.1 Å². The van der Waals surface area contributed by atoms with E-state index in [1.807, 2.05) is 65.8 Å². The summed E-state index contributed by atoms with van der Waals surface area (Å²) < 4.78 is 0. The molecule has 2 heterocycles. The number of nitrogens with zero attached hydrogens (tertiary/aromatic N) is 1. The molecular weight excluding hydrogens is 382 g/mol. The summed E-state index contributed by atoms with van der Waals surface area (Å²) in [6.45, 7) is 21.9. The molecule has 172 valence electrons. The summed E-state index contributed by atoms with van der Waals surface area (Å²) in [4.78, 5) is 7.98. The minimum absolute atomic E-state index is 0.0474. The number of aromatic amines is 1. The average molecular weight is 426 g/mol. The van der Waals surface area contributed by atoms with E-state index in [1.54, 1.807) is 0 Å². The minimum Gasteiger partial charge on any atom is -0.365 e. The average Bonchev–Trinajstić information content (AvgIpc) is 3.46. The van der Waals surface area contributed by atoms with Gasteiger partial charge in [0.25, 0.3) is 0 Å². The summed E-state index contributed by atoms with van der Waals surface area (Å²) in [6.07, 6.45) is 17.1. The van der Waals surface area contributed by atoms with Gasteiger partial charge < -0.3 is 15.7 Å². The maximum atomic E-state index is 4.64. The summed E-state index contributed by atoms with van der Waals surface area (Å²) in [5.41, 5.74) is 9.56. The van der Waals surface area contributed by atoms with Gasteiger partial charge >= 0.3 is 0 Å². The molecule has 0 aromatic carbocycles. The summed E-state index contributed by atoms with van der Waals surface area (Å²) in [7, 11) is 0. The Morgan fingerprint density at radius 3 is 2.32 bits per heavy atom. The number of hydrogen-bond donors (Lipinski definition) is 4. The van der Waals surface area contributed by atoms with E-state index in [1.165, 1.54) is 0 Å². The topological polar surface area (TPSA) is 64.8 Å². The molecule has 4 N–H and O–H groups in total. The van der Waals surface area contributed by atoms with E-state index in [2.05, 4.69) is 64.4 Å². The van der Waals surface area contributed by atoms with Crippen LogP contribution in [-0.2, 0) is 0 Å². The van der Waals surface area contributed by atoms with Crippen LogP contribution in [0.4, 0.5) is 0 Å². The number of allylic oxidation sites excluding steroid dienone is 4. The van der Waals surface area contributed by atoms with Gasteiger partial charge in [-0.1, -0.05) is 77.7 Å². The number of unbranched alkanes of at least 4 members (excludes halogenated alkanes) is 1. The molecule has 0 bridgehead atoms. The Balaban J connectivity index is 0.00000212. The standard InChI is InChI=1S/C22H31N5.2C2H6/c1-6-11-12-14-16(8-3)19(13-7-2)23-21-15-20(26-27-21)22-24-17(9-4)18(10-5)25-22;2*1-2/h6,8-10,13-15,21,23,26-27H,1,3,7,11-12H2,2,4-5H3,(H,24,25);2*1-2H3/b16-14+,17-9+,18-10+,19-13+;;. The van der Waals surface area contributed by atoms with Gasteiger partial charge in [0, 0.05) is 5.70 Å². The van der Waals surface area contributed by atoms with Crippen molar-refractivity contribution in [2.24, 2.45) is 0 Å². The highest BCUT2D eigenvalue weighted by Crippen LogP contribution is 2.15. The van der Waals surface area contributed by atoms with Gasteiger partial charge in [-0.2, -0.15) is 0 Å². The Bertz CT molecular complexity index is 837. The van der Waals surface area contributed by atoms with Crippen LogP contribution >= 0.6 is 0 Å². The molecule has 0 fully saturated rings. The first-order chi connectivity index (χ1) is 15.2. The molecule has 1 aromatic heterocycles. The molecule has 0 radical (unpaired) electrons. The molecule has 1 aromatic rings. The zero-order valence-electron chi connectivity index (χ0n) is 20.6. The van der Waals surface area contributed by atoms with Crippen LogP contribution in [0.25, 0.3) is 17.8 Å². The van der Waals surface area contributed by atoms with Gasteiger partial charge in [-0.3, -0.25) is 0 Å². The fourth-order valence-electron chi connectivity index (χ4n) is 2.88. The summed E-state index contributed by atoms with van der Waals surface area (Å²) in [5, 5.41) is 5.51. The Morgan fingerprint density at radius 2 is 1.81 bits per heavy atom. The molecule has 1 aliphatic rings. The predicted octanol–water partition coefficient (Wildman–Crippen LogP) is 4.80. The van der Waals surface area contributed by atoms with E-state index >= 15 is 0 Å². The highest BCUT2D eigenvalue weighted by Gasteiger charge is 2.18. The van der Waals surface area contributed by atoms with E-state index in [-0.39, 0.29) is 6.17 Å². The summed E-state index contributed by atoms with van der Waals surface area (Å²) in [6, 6.07) is 0. The van der Waals surface area contributed by atoms with Gasteiger partial charge in [0.05, 0.1) is 16.4 Å². The second-order valence-electron chi connectivity index (χ2n) is 6.19. The van der Waals surface area contributed by atoms with Gasteiger partial charge in [0.2, 0.25) is 0 Å². The molecule has 0 saturated carbocycles. The van der Waals surface area contributed by atoms with Gasteiger partial charge in [0.1, 0.15) is 6.17 Å². The lowest BCUT2D eigenvalue weighted by atomic mass is 10.1. The fraction of sp³-hybridized carbons (Fsp3) is 0.423. The van der Waals surface area contributed by atoms with Crippen molar-refractivity contribution in [3.05, 3.63) is 71.3 Å². The normalized spacial score (nSPS) is 17.0. The monoisotopic (exact) mass is 425 g/mol. The zero-order chi connectivity index (χ0) is 23.6. The number of H-pyrrole nitrogens is 1. The molecule has 0 amide bonds. The van der Waals surface area contributed by atoms with Gasteiger partial charge in [-0.25, -0.2) is 10.4 Å². The second kappa shape index (κ2) is 16.9. The maximum absolute atomic E-state index is 4.64. The quantitative estimate of drug-likeness (QED) is 0.261. The first kappa shape index (κ1) is 28.2. The van der Waals surface area contributed by atoms with Crippen molar-refractivity contribution in [2.45, 2.75) is 73.9 Å². The lowest BCUT2D eigenvalue weighted by Gasteiger charge is -2.17. The van der Waals surface area contributed by atoms with Gasteiger partial charge in [0.15, 0.2) is 5.82 Å². The van der Waals surface area contributed by atoms with E-state index in [4.69, 9.17) is 0 Å². The van der Waals surface area contributed by atoms with Gasteiger partial charge in [-0.15, -0.1) is 6.58 Å². The first-order valence-electron chi connectivity index (χ1n) is 11.5. The third-order valence-corrected chi connectivity index (χ3v) is 4.26. The number of imidazole rings is 1. The Kier molecular flexibility index (Phi) is 15.4. The van der Waals surface area contributed by atoms with Crippen LogP contribution in [0, 0.1) is 0 Å². The second-order valence-corrected chi connectivity index (χ2v) is 6.19. The Morgan fingerprint density at radius 1 is 1.10 bits per heavy atom. The van der Waals surface area contributed by atoms with E-state index < -0.39 is 0 Å². The van der Waals surface area contributed by atoms with Crippen LogP contribution in [0.2, 0.25) is 0 Å². The molecule has 1 aliphatic heterocycles. The Labute approximate surface area is 189 Å². The lowest BCUT2D eigenvalue weighted by Crippen LogP contribution is -2.41. The van der Waals surface area contributed by atoms with Gasteiger partial charge in [-0.05, 0) is 44.8 Å². The van der Waals surface area contributed by atoms with Crippen molar-refractivity contribution < 1.29 is 0 Å². The van der Waals surface area contributed by atoms with Crippen molar-refractivity contribution in [3.63, 3.8) is 0 Å². The van der Waals surface area contributed by atoms with Crippen molar-refractivity contribution in [3.8, 4) is 0 Å². The third kappa shape index (κ3) is 8.85. The van der Waals surface area contributed by atoms with Crippen LogP contribution < -0.4 is 26.9 Å². The zero-order valence-corrected chi connectivity index (χ0v) is 20.6. The molecular formula is C26H43N5. The Hall–Kier alpha value is -2.79. The SMILES string of the molecule is C=CCC/C=C(C=C)/C(=C\CC)NC1C=C(c2nc(=C/C)/c(=C\C)[nH]2)NN1.CC.CC. The molecule has 0 saturated heterocycles. The number of hydrazine groups is 1. The summed E-state index contributed by atoms with van der Waals surface area (Å²) >= 11 is 0. The third-order valence-electron chi connectivity index (χ3n) is 4.26. The lowest BCUT2D eigenvalue weighted by molar-refractivity contribution is 0.536. The van der Waals surface area contributed by atoms with Crippen LogP contribution in [0.1, 0.15) is 73.6 Å². The van der Waals surface area contributed by atoms with Crippen molar-refractivity contribution in [1.29, 1.82) is 0 Å². The highest BCUT2D eigenvalue weighted by atomic mass is 15.4. The van der Waals surface area contributed by atoms with Crippen LogP contribution in [0.3, 0.4) is 0 Å². The highest BCUT2D eigenvalue weighted by molar-refractivity contribution is 5.60. The maximum Gasteiger partial charge on any atom is 0.155 e. The van der Waals surface area contributed by atoms with Crippen LogP contribution in [0.15, 0.2) is 54.8 Å². The molecule has 5 nitrogen and oxygen atoms in total. The minimum atomic E-state index is -0.0474. The van der Waals surface area contributed by atoms with Crippen molar-refractivity contribution >= 4 is 17.8 Å². The van der Waals surface area contributed by atoms with E-state index in [0.29, 0.717) is 0 Å². The predicted molar refractivity (Wildman–Crippen MR) is 138 cm³/mol. The first-order valence-corrected chi connectivity index (χ1v) is 11.5. The molecule has 0 aliphatic carbocycles. The number of nitrogens with one attached hydrogen (secondary N) is 4. The van der Waals surface area contributed by atoms with Crippen LogP contribution in [-0.4, -0.2) is 16.1 Å². The molecule has 2 rings (SSSR count). The smallest absolute Gasteiger partial charge is 0.155 e. The van der Waals surface area contributed by atoms with Crippen LogP contribution in [0.5, 0.6) is 0 Å². The molecule has 1 unspecified atom stereocenters. The van der Waals surface area contributed by atoms with E-state index in [0.717, 1.165) is 52.8 Å². The number of aromatic nitrogens is 2. The molecule has 5 heteroatoms. The van der Waals surface area contributed by atoms with Crippen molar-refractivity contribution in [2.75, 3.05) is 0 Å². The number of hydrogen-bond acceptors (Lipinski definition) is 4. The fourth-order valence-corrected chi connectivity index (χ4v) is 2.88. The van der Waals surface area contributed by atoms with E-state index in [9.17, 15) is 0 Å². The molecule has 1 atom stereocenters. The molecule has 31 heavy (non-hydrogen) atoms. The number of rotatable bonds is 9. The summed E-state index contributed by atoms with van der Waals surface area (Å²) in [5.74, 6) is 0.819. The molecule has 0 spiro atoms.